The molecule has 4 heteroatoms. The van der Waals surface area contributed by atoms with Gasteiger partial charge >= 0.3 is 0 Å². The number of likely N-dealkylation sites (tertiary alicyclic amines) is 1. The number of carbonyl (C=O) groups is 1. The van der Waals surface area contributed by atoms with Gasteiger partial charge in [-0.15, -0.1) is 12.4 Å². The molecule has 1 saturated heterocycles. The van der Waals surface area contributed by atoms with E-state index in [1.165, 1.54) is 57.8 Å². The predicted molar refractivity (Wildman–Crippen MR) is 93.1 cm³/mol. The second kappa shape index (κ2) is 8.01. The fourth-order valence-corrected chi connectivity index (χ4v) is 5.11. The van der Waals surface area contributed by atoms with Crippen LogP contribution in [-0.4, -0.2) is 29.9 Å². The summed E-state index contributed by atoms with van der Waals surface area (Å²) in [5, 5.41) is 0. The molecule has 0 bridgehead atoms. The van der Waals surface area contributed by atoms with Gasteiger partial charge in [0, 0.05) is 19.0 Å². The largest absolute Gasteiger partial charge is 0.339 e. The van der Waals surface area contributed by atoms with Crippen LogP contribution >= 0.6 is 12.4 Å². The topological polar surface area (TPSA) is 46.3 Å². The smallest absolute Gasteiger partial charge is 0.223 e. The number of carbonyl (C=O) groups excluding carboxylic acids is 1. The molecular weight excluding hydrogens is 296 g/mol. The van der Waals surface area contributed by atoms with Gasteiger partial charge in [0.05, 0.1) is 0 Å². The zero-order chi connectivity index (χ0) is 14.7. The minimum atomic E-state index is 0. The van der Waals surface area contributed by atoms with Crippen molar-refractivity contribution in [2.45, 2.75) is 83.1 Å². The van der Waals surface area contributed by atoms with Crippen molar-refractivity contribution >= 4 is 18.3 Å². The van der Waals surface area contributed by atoms with E-state index >= 15 is 0 Å². The number of fused-ring (bicyclic) bond motifs is 1. The molecule has 128 valence electrons. The molecule has 3 aliphatic rings. The summed E-state index contributed by atoms with van der Waals surface area (Å²) >= 11 is 0. The number of rotatable bonds is 3. The highest BCUT2D eigenvalue weighted by Gasteiger charge is 2.39. The van der Waals surface area contributed by atoms with Crippen molar-refractivity contribution in [2.75, 3.05) is 13.1 Å². The molecule has 3 nitrogen and oxygen atoms in total. The van der Waals surface area contributed by atoms with Crippen LogP contribution in [0.1, 0.15) is 77.0 Å². The van der Waals surface area contributed by atoms with Gasteiger partial charge in [0.25, 0.3) is 0 Å². The number of nitrogens with zero attached hydrogens (tertiary/aromatic N) is 1. The summed E-state index contributed by atoms with van der Waals surface area (Å²) in [4.78, 5) is 15.2. The van der Waals surface area contributed by atoms with E-state index in [4.69, 9.17) is 5.73 Å². The minimum absolute atomic E-state index is 0. The maximum absolute atomic E-state index is 13.0. The highest BCUT2D eigenvalue weighted by Crippen LogP contribution is 2.41. The van der Waals surface area contributed by atoms with Crippen LogP contribution < -0.4 is 5.73 Å². The van der Waals surface area contributed by atoms with Crippen LogP contribution in [0.2, 0.25) is 0 Å². The molecule has 1 heterocycles. The molecule has 0 spiro atoms. The number of halogens is 1. The van der Waals surface area contributed by atoms with Gasteiger partial charge < -0.3 is 10.6 Å². The van der Waals surface area contributed by atoms with Crippen molar-refractivity contribution in [1.82, 2.24) is 4.90 Å². The van der Waals surface area contributed by atoms with E-state index < -0.39 is 0 Å². The van der Waals surface area contributed by atoms with Gasteiger partial charge in [0.15, 0.2) is 0 Å². The Kier molecular flexibility index (Phi) is 6.58. The van der Waals surface area contributed by atoms with E-state index in [-0.39, 0.29) is 17.8 Å². The molecule has 0 aromatic rings. The maximum atomic E-state index is 13.0. The molecule has 2 N–H and O–H groups in total. The lowest BCUT2D eigenvalue weighted by Gasteiger charge is -2.46. The van der Waals surface area contributed by atoms with Crippen LogP contribution in [0.4, 0.5) is 0 Å². The number of nitrogens with two attached hydrogens (primary N) is 1. The summed E-state index contributed by atoms with van der Waals surface area (Å²) in [6.07, 6.45) is 14.7. The maximum Gasteiger partial charge on any atom is 0.223 e. The Morgan fingerprint density at radius 3 is 2.41 bits per heavy atom. The molecule has 2 aliphatic carbocycles. The van der Waals surface area contributed by atoms with E-state index in [1.54, 1.807) is 0 Å². The van der Waals surface area contributed by atoms with Crippen LogP contribution in [0.3, 0.4) is 0 Å². The van der Waals surface area contributed by atoms with E-state index in [1.807, 2.05) is 0 Å². The molecule has 2 unspecified atom stereocenters. The Morgan fingerprint density at radius 1 is 1.00 bits per heavy atom. The van der Waals surface area contributed by atoms with Crippen molar-refractivity contribution in [1.29, 1.82) is 0 Å². The van der Waals surface area contributed by atoms with Crippen molar-refractivity contribution in [2.24, 2.45) is 17.1 Å². The molecule has 3 rings (SSSR count). The van der Waals surface area contributed by atoms with Gasteiger partial charge in [-0.2, -0.15) is 0 Å². The number of amides is 1. The standard InChI is InChI=1S/C18H32N2O.ClH/c19-14-18(10-4-1-5-11-18)13-17(21)20-12-6-8-15-7-2-3-9-16(15)20;/h15-16H,1-14,19H2;1H. The Labute approximate surface area is 141 Å². The van der Waals surface area contributed by atoms with Crippen molar-refractivity contribution in [3.8, 4) is 0 Å². The third-order valence-corrected chi connectivity index (χ3v) is 6.44. The summed E-state index contributed by atoms with van der Waals surface area (Å²) in [5.74, 6) is 1.20. The van der Waals surface area contributed by atoms with Gasteiger partial charge in [-0.1, -0.05) is 32.1 Å². The molecule has 2 atom stereocenters. The van der Waals surface area contributed by atoms with Gasteiger partial charge in [0.1, 0.15) is 0 Å². The molecule has 2 saturated carbocycles. The third-order valence-electron chi connectivity index (χ3n) is 6.44. The molecule has 0 radical (unpaired) electrons. The highest BCUT2D eigenvalue weighted by atomic mass is 35.5. The van der Waals surface area contributed by atoms with E-state index in [0.717, 1.165) is 25.3 Å². The Hall–Kier alpha value is -0.280. The first-order chi connectivity index (χ1) is 10.2. The van der Waals surface area contributed by atoms with Crippen molar-refractivity contribution in [3.63, 3.8) is 0 Å². The zero-order valence-electron chi connectivity index (χ0n) is 13.9. The van der Waals surface area contributed by atoms with Crippen molar-refractivity contribution < 1.29 is 4.79 Å². The van der Waals surface area contributed by atoms with Crippen LogP contribution in [0.15, 0.2) is 0 Å². The number of piperidine rings is 1. The fourth-order valence-electron chi connectivity index (χ4n) is 5.11. The van der Waals surface area contributed by atoms with Gasteiger partial charge in [-0.25, -0.2) is 0 Å². The monoisotopic (exact) mass is 328 g/mol. The van der Waals surface area contributed by atoms with E-state index in [2.05, 4.69) is 4.90 Å². The molecule has 0 aromatic heterocycles. The lowest BCUT2D eigenvalue weighted by molar-refractivity contribution is -0.140. The third kappa shape index (κ3) is 3.79. The summed E-state index contributed by atoms with van der Waals surface area (Å²) in [7, 11) is 0. The molecule has 0 aromatic carbocycles. The zero-order valence-corrected chi connectivity index (χ0v) is 14.7. The first-order valence-electron chi connectivity index (χ1n) is 9.24. The Balaban J connectivity index is 0.00000176. The van der Waals surface area contributed by atoms with Gasteiger partial charge in [-0.05, 0) is 56.4 Å². The molecule has 22 heavy (non-hydrogen) atoms. The summed E-state index contributed by atoms with van der Waals surface area (Å²) in [5.41, 5.74) is 6.20. The SMILES string of the molecule is Cl.NCC1(CC(=O)N2CCCC3CCCCC32)CCCCC1. The first kappa shape index (κ1) is 18.1. The lowest BCUT2D eigenvalue weighted by atomic mass is 9.71. The summed E-state index contributed by atoms with van der Waals surface area (Å²) in [6, 6.07) is 0.554. The highest BCUT2D eigenvalue weighted by molar-refractivity contribution is 5.85. The quantitative estimate of drug-likeness (QED) is 0.854. The van der Waals surface area contributed by atoms with Crippen molar-refractivity contribution in [3.05, 3.63) is 0 Å². The minimum Gasteiger partial charge on any atom is -0.339 e. The second-order valence-corrected chi connectivity index (χ2v) is 7.78. The average molecular weight is 329 g/mol. The van der Waals surface area contributed by atoms with Crippen LogP contribution in [-0.2, 0) is 4.79 Å². The van der Waals surface area contributed by atoms with Crippen LogP contribution in [0, 0.1) is 11.3 Å². The number of hydrogen-bond donors (Lipinski definition) is 1. The number of hydrogen-bond acceptors (Lipinski definition) is 2. The fraction of sp³-hybridized carbons (Fsp3) is 0.944. The summed E-state index contributed by atoms with van der Waals surface area (Å²) < 4.78 is 0. The van der Waals surface area contributed by atoms with E-state index in [9.17, 15) is 4.79 Å². The first-order valence-corrected chi connectivity index (χ1v) is 9.24. The Morgan fingerprint density at radius 2 is 1.68 bits per heavy atom. The molecule has 1 aliphatic heterocycles. The molecule has 3 fully saturated rings. The van der Waals surface area contributed by atoms with Gasteiger partial charge in [0.2, 0.25) is 5.91 Å². The van der Waals surface area contributed by atoms with Gasteiger partial charge in [-0.3, -0.25) is 4.79 Å². The summed E-state index contributed by atoms with van der Waals surface area (Å²) in [6.45, 7) is 1.70. The average Bonchev–Trinajstić information content (AvgIpc) is 2.55. The van der Waals surface area contributed by atoms with Crippen LogP contribution in [0.25, 0.3) is 0 Å². The predicted octanol–water partition coefficient (Wildman–Crippen LogP) is 3.89. The molecular formula is C18H33ClN2O. The van der Waals surface area contributed by atoms with Crippen LogP contribution in [0.5, 0.6) is 0 Å². The lowest BCUT2D eigenvalue weighted by Crippen LogP contribution is -2.51. The normalized spacial score (nSPS) is 31.0. The second-order valence-electron chi connectivity index (χ2n) is 7.78. The molecule has 1 amide bonds. The van der Waals surface area contributed by atoms with E-state index in [0.29, 0.717) is 24.9 Å². The Bertz CT molecular complexity index is 366.